The van der Waals surface area contributed by atoms with Crippen LogP contribution < -0.4 is 10.9 Å². The molecule has 3 aromatic rings. The number of piperidine rings is 1. The summed E-state index contributed by atoms with van der Waals surface area (Å²) in [7, 11) is 0. The number of fused-ring (bicyclic) bond motifs is 1. The number of halogens is 3. The topological polar surface area (TPSA) is 84.3 Å². The molecular weight excluding hydrogens is 469 g/mol. The molecule has 2 aromatic heterocycles. The highest BCUT2D eigenvalue weighted by molar-refractivity contribution is 7.20. The normalized spacial score (nSPS) is 16.6. The Morgan fingerprint density at radius 2 is 1.97 bits per heavy atom. The van der Waals surface area contributed by atoms with E-state index in [2.05, 4.69) is 10.3 Å². The summed E-state index contributed by atoms with van der Waals surface area (Å²) in [5.74, 6) is -0.938. The lowest BCUT2D eigenvalue weighted by atomic mass is 10.0. The molecule has 1 atom stereocenters. The van der Waals surface area contributed by atoms with Crippen molar-refractivity contribution in [3.8, 4) is 0 Å². The van der Waals surface area contributed by atoms with E-state index in [1.54, 1.807) is 11.8 Å². The van der Waals surface area contributed by atoms with Crippen molar-refractivity contribution in [3.05, 3.63) is 57.0 Å². The summed E-state index contributed by atoms with van der Waals surface area (Å²) in [5, 5.41) is 2.49. The van der Waals surface area contributed by atoms with E-state index in [9.17, 15) is 27.6 Å². The molecule has 34 heavy (non-hydrogen) atoms. The van der Waals surface area contributed by atoms with Crippen molar-refractivity contribution in [1.82, 2.24) is 14.5 Å². The second kappa shape index (κ2) is 9.21. The number of hydrogen-bond acceptors (Lipinski definition) is 5. The molecule has 1 saturated heterocycles. The Labute approximate surface area is 197 Å². The maximum Gasteiger partial charge on any atom is 0.418 e. The van der Waals surface area contributed by atoms with Crippen LogP contribution in [0.5, 0.6) is 0 Å². The number of aryl methyl sites for hydroxylation is 1. The molecule has 1 unspecified atom stereocenters. The van der Waals surface area contributed by atoms with Crippen molar-refractivity contribution >= 4 is 39.1 Å². The molecule has 0 radical (unpaired) electrons. The fraction of sp³-hybridized carbons (Fsp3) is 0.391. The first-order chi connectivity index (χ1) is 16.1. The molecule has 1 aliphatic rings. The van der Waals surface area contributed by atoms with Crippen molar-refractivity contribution in [3.63, 3.8) is 0 Å². The van der Waals surface area contributed by atoms with E-state index in [-0.39, 0.29) is 39.3 Å². The Hall–Kier alpha value is -3.21. The van der Waals surface area contributed by atoms with Crippen LogP contribution in [0.25, 0.3) is 10.2 Å². The van der Waals surface area contributed by atoms with Crippen molar-refractivity contribution in [2.24, 2.45) is 0 Å². The number of thiophene rings is 1. The quantitative estimate of drug-likeness (QED) is 0.584. The summed E-state index contributed by atoms with van der Waals surface area (Å²) in [5.41, 5.74) is -1.49. The van der Waals surface area contributed by atoms with Gasteiger partial charge in [0.25, 0.3) is 11.5 Å². The van der Waals surface area contributed by atoms with E-state index >= 15 is 0 Å². The number of nitrogens with zero attached hydrogens (tertiary/aromatic N) is 3. The number of carbonyl (C=O) groups is 2. The van der Waals surface area contributed by atoms with Gasteiger partial charge in [0.15, 0.2) is 0 Å². The van der Waals surface area contributed by atoms with Crippen molar-refractivity contribution in [1.29, 1.82) is 0 Å². The summed E-state index contributed by atoms with van der Waals surface area (Å²) >= 11 is 0.922. The van der Waals surface area contributed by atoms with Crippen LogP contribution >= 0.6 is 11.3 Å². The number of benzene rings is 1. The second-order valence-electron chi connectivity index (χ2n) is 8.34. The maximum atomic E-state index is 13.3. The SMILES string of the molecule is Cc1c(C(=O)Nc2ccccc2C(F)(F)F)sc2ncn(CC(=O)N3CCCCC3C)c(=O)c12. The van der Waals surface area contributed by atoms with E-state index in [1.807, 2.05) is 6.92 Å². The molecule has 2 amide bonds. The second-order valence-corrected chi connectivity index (χ2v) is 9.34. The van der Waals surface area contributed by atoms with Gasteiger partial charge in [-0.05, 0) is 50.8 Å². The van der Waals surface area contributed by atoms with Crippen LogP contribution in [0.2, 0.25) is 0 Å². The zero-order chi connectivity index (χ0) is 24.6. The van der Waals surface area contributed by atoms with E-state index < -0.39 is 23.2 Å². The molecule has 1 N–H and O–H groups in total. The van der Waals surface area contributed by atoms with Gasteiger partial charge in [0.2, 0.25) is 5.91 Å². The Balaban J connectivity index is 1.62. The largest absolute Gasteiger partial charge is 0.418 e. The fourth-order valence-electron chi connectivity index (χ4n) is 4.21. The summed E-state index contributed by atoms with van der Waals surface area (Å²) in [6.45, 7) is 4.00. The number of amides is 2. The highest BCUT2D eigenvalue weighted by atomic mass is 32.1. The molecule has 3 heterocycles. The fourth-order valence-corrected chi connectivity index (χ4v) is 5.25. The number of rotatable bonds is 4. The van der Waals surface area contributed by atoms with Crippen LogP contribution in [0.15, 0.2) is 35.4 Å². The highest BCUT2D eigenvalue weighted by Gasteiger charge is 2.34. The number of para-hydroxylation sites is 1. The van der Waals surface area contributed by atoms with E-state index in [0.717, 1.165) is 36.7 Å². The van der Waals surface area contributed by atoms with Gasteiger partial charge in [-0.3, -0.25) is 19.0 Å². The Morgan fingerprint density at radius 1 is 1.24 bits per heavy atom. The van der Waals surface area contributed by atoms with Gasteiger partial charge in [0, 0.05) is 12.6 Å². The summed E-state index contributed by atoms with van der Waals surface area (Å²) in [6.07, 6.45) is -0.468. The lowest BCUT2D eigenvalue weighted by Gasteiger charge is -2.33. The third-order valence-corrected chi connectivity index (χ3v) is 7.23. The van der Waals surface area contributed by atoms with Crippen molar-refractivity contribution in [2.75, 3.05) is 11.9 Å². The predicted molar refractivity (Wildman–Crippen MR) is 123 cm³/mol. The first-order valence-corrected chi connectivity index (χ1v) is 11.6. The number of likely N-dealkylation sites (tertiary alicyclic amines) is 1. The molecule has 7 nitrogen and oxygen atoms in total. The van der Waals surface area contributed by atoms with Gasteiger partial charge in [0.05, 0.1) is 27.8 Å². The third kappa shape index (κ3) is 4.56. The molecule has 0 spiro atoms. The lowest BCUT2D eigenvalue weighted by molar-refractivity contribution is -0.137. The molecule has 11 heteroatoms. The number of carbonyl (C=O) groups excluding carboxylic acids is 2. The number of alkyl halides is 3. The number of nitrogens with one attached hydrogen (secondary N) is 1. The first-order valence-electron chi connectivity index (χ1n) is 10.8. The molecule has 0 bridgehead atoms. The van der Waals surface area contributed by atoms with Crippen LogP contribution in [-0.4, -0.2) is 38.9 Å². The number of aromatic nitrogens is 2. The monoisotopic (exact) mass is 492 g/mol. The van der Waals surface area contributed by atoms with Gasteiger partial charge in [0.1, 0.15) is 11.4 Å². The van der Waals surface area contributed by atoms with Crippen LogP contribution in [-0.2, 0) is 17.5 Å². The van der Waals surface area contributed by atoms with Crippen LogP contribution in [0.4, 0.5) is 18.9 Å². The summed E-state index contributed by atoms with van der Waals surface area (Å²) < 4.78 is 41.0. The standard InChI is InChI=1S/C23H23F3N4O3S/c1-13-7-5-6-10-30(13)17(31)11-29-12-27-21-18(22(29)33)14(2)19(34-21)20(32)28-16-9-4-3-8-15(16)23(24,25)26/h3-4,8-9,12-13H,5-7,10-11H2,1-2H3,(H,28,32). The number of hydrogen-bond donors (Lipinski definition) is 1. The molecule has 1 aliphatic heterocycles. The summed E-state index contributed by atoms with van der Waals surface area (Å²) in [4.78, 5) is 45.1. The van der Waals surface area contributed by atoms with Crippen LogP contribution in [0, 0.1) is 6.92 Å². The first kappa shape index (κ1) is 23.9. The highest BCUT2D eigenvalue weighted by Crippen LogP contribution is 2.35. The molecule has 180 valence electrons. The minimum absolute atomic E-state index is 0.0882. The van der Waals surface area contributed by atoms with Crippen LogP contribution in [0.3, 0.4) is 0 Å². The number of anilines is 1. The zero-order valence-corrected chi connectivity index (χ0v) is 19.4. The smallest absolute Gasteiger partial charge is 0.338 e. The lowest BCUT2D eigenvalue weighted by Crippen LogP contribution is -2.44. The average Bonchev–Trinajstić information content (AvgIpc) is 3.12. The van der Waals surface area contributed by atoms with E-state index in [0.29, 0.717) is 12.1 Å². The maximum absolute atomic E-state index is 13.3. The van der Waals surface area contributed by atoms with Gasteiger partial charge in [-0.1, -0.05) is 12.1 Å². The van der Waals surface area contributed by atoms with Gasteiger partial charge < -0.3 is 10.2 Å². The molecule has 1 aromatic carbocycles. The van der Waals surface area contributed by atoms with Gasteiger partial charge in [-0.25, -0.2) is 4.98 Å². The van der Waals surface area contributed by atoms with Crippen LogP contribution in [0.1, 0.15) is 47.0 Å². The molecule has 0 saturated carbocycles. The Morgan fingerprint density at radius 3 is 2.68 bits per heavy atom. The van der Waals surface area contributed by atoms with Crippen molar-refractivity contribution < 1.29 is 22.8 Å². The Kier molecular flexibility index (Phi) is 6.48. The zero-order valence-electron chi connectivity index (χ0n) is 18.6. The summed E-state index contributed by atoms with van der Waals surface area (Å²) in [6, 6.07) is 4.78. The molecular formula is C23H23F3N4O3S. The van der Waals surface area contributed by atoms with Gasteiger partial charge in [-0.15, -0.1) is 11.3 Å². The van der Waals surface area contributed by atoms with E-state index in [4.69, 9.17) is 0 Å². The van der Waals surface area contributed by atoms with Crippen molar-refractivity contribution in [2.45, 2.75) is 51.9 Å². The minimum atomic E-state index is -4.63. The third-order valence-electron chi connectivity index (χ3n) is 6.03. The molecule has 0 aliphatic carbocycles. The minimum Gasteiger partial charge on any atom is -0.338 e. The molecule has 1 fully saturated rings. The molecule has 4 rings (SSSR count). The predicted octanol–water partition coefficient (Wildman–Crippen LogP) is 4.44. The average molecular weight is 493 g/mol. The van der Waals surface area contributed by atoms with Gasteiger partial charge >= 0.3 is 6.18 Å². The Bertz CT molecular complexity index is 1320. The van der Waals surface area contributed by atoms with Gasteiger partial charge in [-0.2, -0.15) is 13.2 Å². The van der Waals surface area contributed by atoms with E-state index in [1.165, 1.54) is 29.1 Å².